The number of carbonyl (C=O) groups is 1. The SMILES string of the molecule is O=C(Nc1nnc(-c2ccncc2)s1)c1ccc2c(c1)C=CCC2. The molecule has 0 radical (unpaired) electrons. The second-order valence-corrected chi connectivity index (χ2v) is 6.43. The molecule has 6 heteroatoms. The van der Waals surface area contributed by atoms with Crippen LogP contribution in [0, 0.1) is 0 Å². The lowest BCUT2D eigenvalue weighted by atomic mass is 9.95. The summed E-state index contributed by atoms with van der Waals surface area (Å²) in [6.07, 6.45) is 9.70. The monoisotopic (exact) mass is 334 g/mol. The van der Waals surface area contributed by atoms with Gasteiger partial charge in [0.25, 0.3) is 5.91 Å². The Kier molecular flexibility index (Phi) is 3.88. The van der Waals surface area contributed by atoms with Crippen molar-refractivity contribution in [1.29, 1.82) is 0 Å². The normalized spacial score (nSPS) is 12.7. The molecule has 0 spiro atoms. The molecule has 5 nitrogen and oxygen atoms in total. The summed E-state index contributed by atoms with van der Waals surface area (Å²) in [5.41, 5.74) is 3.96. The van der Waals surface area contributed by atoms with Crippen LogP contribution in [0.1, 0.15) is 27.9 Å². The molecule has 0 saturated heterocycles. The molecular weight excluding hydrogens is 320 g/mol. The van der Waals surface area contributed by atoms with Crippen molar-refractivity contribution in [3.05, 3.63) is 65.5 Å². The fraction of sp³-hybridized carbons (Fsp3) is 0.111. The maximum absolute atomic E-state index is 12.4. The fourth-order valence-electron chi connectivity index (χ4n) is 2.62. The van der Waals surface area contributed by atoms with Gasteiger partial charge in [-0.1, -0.05) is 29.6 Å². The molecule has 118 valence electrons. The summed E-state index contributed by atoms with van der Waals surface area (Å²) in [4.78, 5) is 16.4. The van der Waals surface area contributed by atoms with Crippen LogP contribution in [-0.4, -0.2) is 21.1 Å². The van der Waals surface area contributed by atoms with Crippen molar-refractivity contribution in [2.24, 2.45) is 0 Å². The largest absolute Gasteiger partial charge is 0.296 e. The summed E-state index contributed by atoms with van der Waals surface area (Å²) in [6.45, 7) is 0. The number of pyridine rings is 1. The van der Waals surface area contributed by atoms with Gasteiger partial charge in [-0.25, -0.2) is 0 Å². The highest BCUT2D eigenvalue weighted by atomic mass is 32.1. The molecule has 2 aromatic heterocycles. The minimum absolute atomic E-state index is 0.172. The third kappa shape index (κ3) is 2.96. The molecule has 1 aromatic carbocycles. The lowest BCUT2D eigenvalue weighted by molar-refractivity contribution is 0.102. The molecule has 0 bridgehead atoms. The lowest BCUT2D eigenvalue weighted by Gasteiger charge is -2.11. The third-order valence-corrected chi connectivity index (χ3v) is 4.75. The van der Waals surface area contributed by atoms with Crippen LogP contribution in [0.4, 0.5) is 5.13 Å². The zero-order valence-electron chi connectivity index (χ0n) is 12.8. The Bertz CT molecular complexity index is 918. The van der Waals surface area contributed by atoms with E-state index in [-0.39, 0.29) is 5.91 Å². The highest BCUT2D eigenvalue weighted by Crippen LogP contribution is 2.26. The molecule has 4 rings (SSSR count). The van der Waals surface area contributed by atoms with Crippen LogP contribution < -0.4 is 5.32 Å². The number of anilines is 1. The van der Waals surface area contributed by atoms with E-state index in [9.17, 15) is 4.79 Å². The lowest BCUT2D eigenvalue weighted by Crippen LogP contribution is -2.12. The zero-order valence-corrected chi connectivity index (χ0v) is 13.6. The smallest absolute Gasteiger partial charge is 0.257 e. The van der Waals surface area contributed by atoms with Crippen molar-refractivity contribution in [3.8, 4) is 10.6 Å². The summed E-state index contributed by atoms with van der Waals surface area (Å²) in [5.74, 6) is -0.172. The van der Waals surface area contributed by atoms with Crippen molar-refractivity contribution in [1.82, 2.24) is 15.2 Å². The van der Waals surface area contributed by atoms with Gasteiger partial charge in [-0.15, -0.1) is 10.2 Å². The van der Waals surface area contributed by atoms with Crippen LogP contribution in [0.3, 0.4) is 0 Å². The van der Waals surface area contributed by atoms with Gasteiger partial charge in [-0.3, -0.25) is 15.1 Å². The molecule has 1 N–H and O–H groups in total. The Morgan fingerprint density at radius 1 is 1.12 bits per heavy atom. The first-order valence-corrected chi connectivity index (χ1v) is 8.46. The molecule has 0 unspecified atom stereocenters. The predicted octanol–water partition coefficient (Wildman–Crippen LogP) is 3.81. The molecule has 0 atom stereocenters. The first kappa shape index (κ1) is 14.7. The summed E-state index contributed by atoms with van der Waals surface area (Å²) < 4.78 is 0. The van der Waals surface area contributed by atoms with Crippen LogP contribution in [-0.2, 0) is 6.42 Å². The summed E-state index contributed by atoms with van der Waals surface area (Å²) in [5, 5.41) is 12.2. The van der Waals surface area contributed by atoms with Gasteiger partial charge in [0, 0.05) is 23.5 Å². The Balaban J connectivity index is 1.53. The Morgan fingerprint density at radius 2 is 2.00 bits per heavy atom. The van der Waals surface area contributed by atoms with E-state index in [0.717, 1.165) is 29.0 Å². The summed E-state index contributed by atoms with van der Waals surface area (Å²) in [6, 6.07) is 9.53. The number of benzene rings is 1. The number of fused-ring (bicyclic) bond motifs is 1. The first-order valence-electron chi connectivity index (χ1n) is 7.64. The average Bonchev–Trinajstić information content (AvgIpc) is 3.10. The van der Waals surface area contributed by atoms with Crippen LogP contribution in [0.25, 0.3) is 16.6 Å². The van der Waals surface area contributed by atoms with E-state index in [4.69, 9.17) is 0 Å². The first-order chi connectivity index (χ1) is 11.8. The van der Waals surface area contributed by atoms with Gasteiger partial charge >= 0.3 is 0 Å². The molecule has 1 aliphatic rings. The van der Waals surface area contributed by atoms with E-state index < -0.39 is 0 Å². The average molecular weight is 334 g/mol. The molecule has 0 fully saturated rings. The van der Waals surface area contributed by atoms with Crippen LogP contribution in [0.5, 0.6) is 0 Å². The van der Waals surface area contributed by atoms with Gasteiger partial charge in [0.1, 0.15) is 5.01 Å². The molecular formula is C18H14N4OS. The Labute approximate surface area is 143 Å². The van der Waals surface area contributed by atoms with E-state index >= 15 is 0 Å². The highest BCUT2D eigenvalue weighted by molar-refractivity contribution is 7.18. The van der Waals surface area contributed by atoms with Crippen molar-refractivity contribution in [2.75, 3.05) is 5.32 Å². The fourth-order valence-corrected chi connectivity index (χ4v) is 3.37. The minimum Gasteiger partial charge on any atom is -0.296 e. The number of allylic oxidation sites excluding steroid dienone is 1. The van der Waals surface area contributed by atoms with Gasteiger partial charge in [0.2, 0.25) is 5.13 Å². The summed E-state index contributed by atoms with van der Waals surface area (Å²) in [7, 11) is 0. The van der Waals surface area contributed by atoms with Gasteiger partial charge < -0.3 is 0 Å². The molecule has 2 heterocycles. The Morgan fingerprint density at radius 3 is 2.88 bits per heavy atom. The van der Waals surface area contributed by atoms with Gasteiger partial charge in [0.15, 0.2) is 0 Å². The van der Waals surface area contributed by atoms with E-state index in [2.05, 4.69) is 32.7 Å². The molecule has 3 aromatic rings. The number of aromatic nitrogens is 3. The number of nitrogens with zero attached hydrogens (tertiary/aromatic N) is 3. The number of hydrogen-bond acceptors (Lipinski definition) is 5. The van der Waals surface area contributed by atoms with Crippen LogP contribution in [0.2, 0.25) is 0 Å². The zero-order chi connectivity index (χ0) is 16.4. The molecule has 1 amide bonds. The minimum atomic E-state index is -0.172. The second kappa shape index (κ2) is 6.33. The van der Waals surface area contributed by atoms with Crippen molar-refractivity contribution >= 4 is 28.5 Å². The topological polar surface area (TPSA) is 67.8 Å². The number of carbonyl (C=O) groups excluding carboxylic acids is 1. The number of aryl methyl sites for hydroxylation is 1. The predicted molar refractivity (Wildman–Crippen MR) is 94.9 cm³/mol. The maximum atomic E-state index is 12.4. The van der Waals surface area contributed by atoms with Crippen molar-refractivity contribution in [3.63, 3.8) is 0 Å². The molecule has 24 heavy (non-hydrogen) atoms. The van der Waals surface area contributed by atoms with Crippen molar-refractivity contribution < 1.29 is 4.79 Å². The van der Waals surface area contributed by atoms with Gasteiger partial charge in [0.05, 0.1) is 0 Å². The molecule has 1 aliphatic carbocycles. The van der Waals surface area contributed by atoms with Crippen molar-refractivity contribution in [2.45, 2.75) is 12.8 Å². The standard InChI is InChI=1S/C18H14N4OS/c23-16(15-6-5-12-3-1-2-4-14(12)11-15)20-18-22-21-17(24-18)13-7-9-19-10-8-13/h2,4-11H,1,3H2,(H,20,22,23). The van der Waals surface area contributed by atoms with E-state index in [1.165, 1.54) is 16.9 Å². The second-order valence-electron chi connectivity index (χ2n) is 5.46. The van der Waals surface area contributed by atoms with Gasteiger partial charge in [-0.2, -0.15) is 0 Å². The molecule has 0 saturated carbocycles. The van der Waals surface area contributed by atoms with Gasteiger partial charge in [-0.05, 0) is 48.2 Å². The number of amides is 1. The summed E-state index contributed by atoms with van der Waals surface area (Å²) >= 11 is 1.34. The molecule has 0 aliphatic heterocycles. The number of hydrogen-bond donors (Lipinski definition) is 1. The Hall–Kier alpha value is -2.86. The van der Waals surface area contributed by atoms with Crippen LogP contribution >= 0.6 is 11.3 Å². The number of rotatable bonds is 3. The van der Waals surface area contributed by atoms with E-state index in [1.54, 1.807) is 12.4 Å². The van der Waals surface area contributed by atoms with Crippen LogP contribution in [0.15, 0.2) is 48.8 Å². The van der Waals surface area contributed by atoms with E-state index in [1.807, 2.05) is 30.3 Å². The number of nitrogens with one attached hydrogen (secondary N) is 1. The maximum Gasteiger partial charge on any atom is 0.257 e. The highest BCUT2D eigenvalue weighted by Gasteiger charge is 2.13. The van der Waals surface area contributed by atoms with E-state index in [0.29, 0.717) is 10.7 Å². The third-order valence-electron chi connectivity index (χ3n) is 3.86. The quantitative estimate of drug-likeness (QED) is 0.791.